The van der Waals surface area contributed by atoms with Gasteiger partial charge in [0.05, 0.1) is 13.2 Å². The minimum Gasteiger partial charge on any atom is -0.383 e. The summed E-state index contributed by atoms with van der Waals surface area (Å²) in [6.45, 7) is 3.11. The number of hydrogen-bond acceptors (Lipinski definition) is 3. The molecule has 2 rings (SSSR count). The molecule has 0 aliphatic heterocycles. The molecular formula is C18H23NO2. The molecule has 1 aliphatic carbocycles. The van der Waals surface area contributed by atoms with Gasteiger partial charge in [0.25, 0.3) is 0 Å². The molecule has 0 heterocycles. The number of anilines is 1. The molecule has 3 nitrogen and oxygen atoms in total. The lowest BCUT2D eigenvalue weighted by Crippen LogP contribution is -2.31. The smallest absolute Gasteiger partial charge is 0.0637 e. The second-order valence-electron chi connectivity index (χ2n) is 4.89. The predicted molar refractivity (Wildman–Crippen MR) is 88.7 cm³/mol. The minimum absolute atomic E-state index is 0.703. The van der Waals surface area contributed by atoms with Crippen LogP contribution in [-0.2, 0) is 9.47 Å². The van der Waals surface area contributed by atoms with Crippen molar-refractivity contribution in [2.45, 2.75) is 0 Å². The molecule has 0 saturated heterocycles. The first-order valence-corrected chi connectivity index (χ1v) is 7.23. The standard InChI is InChI=1S/C18H23NO2/c1-20-13-11-19(12-14-21-2)18-10-6-5-9-17(18)15-16-7-3-4-8-16/h3-10,15H,11-14H2,1-2H3. The van der Waals surface area contributed by atoms with E-state index in [1.165, 1.54) is 16.8 Å². The number of hydrogen-bond donors (Lipinski definition) is 0. The topological polar surface area (TPSA) is 21.7 Å². The monoisotopic (exact) mass is 285 g/mol. The Morgan fingerprint density at radius 3 is 2.19 bits per heavy atom. The molecule has 21 heavy (non-hydrogen) atoms. The molecule has 3 heteroatoms. The van der Waals surface area contributed by atoms with Gasteiger partial charge in [-0.2, -0.15) is 0 Å². The summed E-state index contributed by atoms with van der Waals surface area (Å²) in [5, 5.41) is 0. The zero-order valence-corrected chi connectivity index (χ0v) is 12.8. The molecular weight excluding hydrogens is 262 g/mol. The van der Waals surface area contributed by atoms with E-state index in [0.29, 0.717) is 13.2 Å². The fraction of sp³-hybridized carbons (Fsp3) is 0.333. The second-order valence-corrected chi connectivity index (χ2v) is 4.89. The van der Waals surface area contributed by atoms with Crippen LogP contribution >= 0.6 is 0 Å². The van der Waals surface area contributed by atoms with Crippen molar-refractivity contribution in [3.05, 3.63) is 59.7 Å². The van der Waals surface area contributed by atoms with Crippen molar-refractivity contribution in [1.29, 1.82) is 0 Å². The number of methoxy groups -OCH3 is 2. The summed E-state index contributed by atoms with van der Waals surface area (Å²) in [7, 11) is 3.47. The quantitative estimate of drug-likeness (QED) is 0.731. The van der Waals surface area contributed by atoms with Crippen molar-refractivity contribution in [1.82, 2.24) is 0 Å². The molecule has 0 aromatic heterocycles. The van der Waals surface area contributed by atoms with Crippen molar-refractivity contribution in [3.63, 3.8) is 0 Å². The van der Waals surface area contributed by atoms with E-state index in [1.807, 2.05) is 0 Å². The van der Waals surface area contributed by atoms with Crippen LogP contribution in [0.4, 0.5) is 5.69 Å². The number of benzene rings is 1. The van der Waals surface area contributed by atoms with Gasteiger partial charge >= 0.3 is 0 Å². The number of allylic oxidation sites excluding steroid dienone is 5. The van der Waals surface area contributed by atoms with Gasteiger partial charge in [-0.25, -0.2) is 0 Å². The molecule has 1 aliphatic rings. The number of para-hydroxylation sites is 1. The lowest BCUT2D eigenvalue weighted by Gasteiger charge is -2.26. The Morgan fingerprint density at radius 1 is 0.952 bits per heavy atom. The Labute approximate surface area is 127 Å². The van der Waals surface area contributed by atoms with Gasteiger partial charge in [-0.15, -0.1) is 0 Å². The maximum atomic E-state index is 5.23. The molecule has 112 valence electrons. The van der Waals surface area contributed by atoms with Crippen LogP contribution in [0, 0.1) is 0 Å². The number of nitrogens with zero attached hydrogens (tertiary/aromatic N) is 1. The van der Waals surface area contributed by atoms with Gasteiger partial charge in [0.2, 0.25) is 0 Å². The van der Waals surface area contributed by atoms with Crippen molar-refractivity contribution in [2.24, 2.45) is 0 Å². The van der Waals surface area contributed by atoms with Crippen LogP contribution in [0.1, 0.15) is 5.56 Å². The van der Waals surface area contributed by atoms with Crippen LogP contribution in [0.15, 0.2) is 54.1 Å². The van der Waals surface area contributed by atoms with Crippen LogP contribution < -0.4 is 4.90 Å². The Morgan fingerprint density at radius 2 is 1.57 bits per heavy atom. The summed E-state index contributed by atoms with van der Waals surface area (Å²) in [6.07, 6.45) is 10.6. The fourth-order valence-electron chi connectivity index (χ4n) is 2.32. The first-order chi connectivity index (χ1) is 10.3. The van der Waals surface area contributed by atoms with Gasteiger partial charge in [0.15, 0.2) is 0 Å². The zero-order chi connectivity index (χ0) is 14.9. The minimum atomic E-state index is 0.703. The molecule has 0 unspecified atom stereocenters. The van der Waals surface area contributed by atoms with E-state index in [9.17, 15) is 0 Å². The van der Waals surface area contributed by atoms with Gasteiger partial charge in [-0.05, 0) is 23.3 Å². The van der Waals surface area contributed by atoms with Crippen LogP contribution in [-0.4, -0.2) is 40.5 Å². The van der Waals surface area contributed by atoms with Gasteiger partial charge in [0.1, 0.15) is 0 Å². The summed E-state index contributed by atoms with van der Waals surface area (Å²) >= 11 is 0. The number of ether oxygens (including phenoxy) is 2. The van der Waals surface area contributed by atoms with E-state index in [1.54, 1.807) is 14.2 Å². The van der Waals surface area contributed by atoms with E-state index < -0.39 is 0 Å². The summed E-state index contributed by atoms with van der Waals surface area (Å²) in [4.78, 5) is 2.31. The van der Waals surface area contributed by atoms with Crippen LogP contribution in [0.3, 0.4) is 0 Å². The van der Waals surface area contributed by atoms with E-state index in [-0.39, 0.29) is 0 Å². The molecule has 0 amide bonds. The SMILES string of the molecule is COCCN(CCOC)c1ccccc1C=C1C=CC=C1. The molecule has 0 bridgehead atoms. The fourth-order valence-corrected chi connectivity index (χ4v) is 2.32. The highest BCUT2D eigenvalue weighted by molar-refractivity contribution is 5.72. The highest BCUT2D eigenvalue weighted by atomic mass is 16.5. The summed E-state index contributed by atoms with van der Waals surface area (Å²) < 4.78 is 10.5. The second kappa shape index (κ2) is 8.45. The lowest BCUT2D eigenvalue weighted by atomic mass is 10.1. The van der Waals surface area contributed by atoms with Crippen LogP contribution in [0.25, 0.3) is 6.08 Å². The maximum Gasteiger partial charge on any atom is 0.0637 e. The molecule has 0 spiro atoms. The maximum absolute atomic E-state index is 5.23. The van der Waals surface area contributed by atoms with Crippen molar-refractivity contribution < 1.29 is 9.47 Å². The van der Waals surface area contributed by atoms with E-state index >= 15 is 0 Å². The van der Waals surface area contributed by atoms with Crippen molar-refractivity contribution in [2.75, 3.05) is 45.4 Å². The van der Waals surface area contributed by atoms with Gasteiger partial charge in [-0.3, -0.25) is 0 Å². The molecule has 0 saturated carbocycles. The van der Waals surface area contributed by atoms with E-state index in [4.69, 9.17) is 9.47 Å². The molecule has 0 atom stereocenters. The average molecular weight is 285 g/mol. The zero-order valence-electron chi connectivity index (χ0n) is 12.8. The molecule has 0 N–H and O–H groups in total. The Hall–Kier alpha value is -1.84. The summed E-state index contributed by atoms with van der Waals surface area (Å²) in [5.41, 5.74) is 3.66. The molecule has 0 radical (unpaired) electrons. The Bertz CT molecular complexity index is 510. The third kappa shape index (κ3) is 4.59. The van der Waals surface area contributed by atoms with Gasteiger partial charge < -0.3 is 14.4 Å². The molecule has 0 fully saturated rings. The Kier molecular flexibility index (Phi) is 6.25. The lowest BCUT2D eigenvalue weighted by molar-refractivity contribution is 0.190. The van der Waals surface area contributed by atoms with E-state index in [0.717, 1.165) is 13.1 Å². The highest BCUT2D eigenvalue weighted by Crippen LogP contribution is 2.24. The Balaban J connectivity index is 2.24. The number of rotatable bonds is 8. The average Bonchev–Trinajstić information content (AvgIpc) is 3.01. The molecule has 1 aromatic carbocycles. The highest BCUT2D eigenvalue weighted by Gasteiger charge is 2.10. The van der Waals surface area contributed by atoms with Crippen LogP contribution in [0.5, 0.6) is 0 Å². The van der Waals surface area contributed by atoms with Gasteiger partial charge in [0, 0.05) is 33.0 Å². The van der Waals surface area contributed by atoms with Gasteiger partial charge in [-0.1, -0.05) is 42.5 Å². The summed E-state index contributed by atoms with van der Waals surface area (Å²) in [5.74, 6) is 0. The first kappa shape index (κ1) is 15.5. The largest absolute Gasteiger partial charge is 0.383 e. The van der Waals surface area contributed by atoms with Crippen molar-refractivity contribution in [3.8, 4) is 0 Å². The third-order valence-corrected chi connectivity index (χ3v) is 3.42. The van der Waals surface area contributed by atoms with Crippen LogP contribution in [0.2, 0.25) is 0 Å². The summed E-state index contributed by atoms with van der Waals surface area (Å²) in [6, 6.07) is 8.45. The third-order valence-electron chi connectivity index (χ3n) is 3.42. The normalized spacial score (nSPS) is 13.0. The van der Waals surface area contributed by atoms with Crippen molar-refractivity contribution >= 4 is 11.8 Å². The van der Waals surface area contributed by atoms with E-state index in [2.05, 4.69) is 59.5 Å². The predicted octanol–water partition coefficient (Wildman–Crippen LogP) is 3.30. The first-order valence-electron chi connectivity index (χ1n) is 7.23. The molecule has 1 aromatic rings.